The molecule has 0 saturated carbocycles. The number of rotatable bonds is 5. The largest absolute Gasteiger partial charge is 0.396 e. The smallest absolute Gasteiger partial charge is 0.243 e. The molecule has 0 aromatic heterocycles. The zero-order valence-corrected chi connectivity index (χ0v) is 9.55. The van der Waals surface area contributed by atoms with Gasteiger partial charge in [-0.2, -0.15) is 0 Å². The first-order chi connectivity index (χ1) is 6.37. The molecule has 14 heavy (non-hydrogen) atoms. The van der Waals surface area contributed by atoms with Crippen molar-refractivity contribution >= 4 is 5.91 Å². The van der Waals surface area contributed by atoms with Gasteiger partial charge in [-0.3, -0.25) is 4.79 Å². The Morgan fingerprint density at radius 2 is 2.00 bits per heavy atom. The molecule has 3 nitrogen and oxygen atoms in total. The molecule has 1 amide bonds. The molecule has 82 valence electrons. The maximum Gasteiger partial charge on any atom is 0.243 e. The second-order valence-corrected chi connectivity index (χ2v) is 4.58. The lowest BCUT2D eigenvalue weighted by atomic mass is 9.90. The number of hydrogen-bond donors (Lipinski definition) is 2. The van der Waals surface area contributed by atoms with Gasteiger partial charge < -0.3 is 10.4 Å². The molecule has 0 unspecified atom stereocenters. The van der Waals surface area contributed by atoms with E-state index in [1.165, 1.54) is 0 Å². The summed E-state index contributed by atoms with van der Waals surface area (Å²) in [6.45, 7) is 8.57. The molecule has 0 atom stereocenters. The number of amides is 1. The molecular weight excluding hydrogens is 178 g/mol. The molecule has 2 N–H and O–H groups in total. The van der Waals surface area contributed by atoms with Gasteiger partial charge in [-0.05, 0) is 25.7 Å². The Hall–Kier alpha value is -0.830. The minimum Gasteiger partial charge on any atom is -0.396 e. The third kappa shape index (κ3) is 6.66. The first kappa shape index (κ1) is 13.2. The summed E-state index contributed by atoms with van der Waals surface area (Å²) in [5.41, 5.74) is 0.947. The second kappa shape index (κ2) is 5.81. The third-order valence-electron chi connectivity index (χ3n) is 1.95. The summed E-state index contributed by atoms with van der Waals surface area (Å²) in [5, 5.41) is 11.6. The quantitative estimate of drug-likeness (QED) is 0.659. The minimum atomic E-state index is -0.0592. The van der Waals surface area contributed by atoms with Crippen LogP contribution in [-0.4, -0.2) is 24.2 Å². The van der Waals surface area contributed by atoms with Gasteiger partial charge in [0.25, 0.3) is 0 Å². The van der Waals surface area contributed by atoms with Crippen LogP contribution >= 0.6 is 0 Å². The molecule has 0 heterocycles. The van der Waals surface area contributed by atoms with Crippen molar-refractivity contribution in [2.45, 2.75) is 34.1 Å². The fourth-order valence-corrected chi connectivity index (χ4v) is 1.03. The third-order valence-corrected chi connectivity index (χ3v) is 1.95. The van der Waals surface area contributed by atoms with Crippen molar-refractivity contribution in [3.8, 4) is 0 Å². The number of allylic oxidation sites excluding steroid dienone is 1. The predicted octanol–water partition coefficient (Wildman–Crippen LogP) is 1.48. The highest BCUT2D eigenvalue weighted by Crippen LogP contribution is 2.17. The van der Waals surface area contributed by atoms with E-state index in [0.717, 1.165) is 5.57 Å². The van der Waals surface area contributed by atoms with E-state index in [0.29, 0.717) is 13.0 Å². The average molecular weight is 199 g/mol. The van der Waals surface area contributed by atoms with Crippen LogP contribution in [0.4, 0.5) is 0 Å². The highest BCUT2D eigenvalue weighted by molar-refractivity contribution is 5.88. The van der Waals surface area contributed by atoms with Crippen LogP contribution < -0.4 is 5.32 Å². The maximum absolute atomic E-state index is 11.3. The van der Waals surface area contributed by atoms with Gasteiger partial charge in [0.15, 0.2) is 0 Å². The monoisotopic (exact) mass is 199 g/mol. The molecule has 3 heteroatoms. The number of nitrogens with one attached hydrogen (secondary N) is 1. The van der Waals surface area contributed by atoms with Crippen molar-refractivity contribution in [3.05, 3.63) is 11.6 Å². The van der Waals surface area contributed by atoms with Gasteiger partial charge in [-0.15, -0.1) is 0 Å². The van der Waals surface area contributed by atoms with Gasteiger partial charge >= 0.3 is 0 Å². The summed E-state index contributed by atoms with van der Waals surface area (Å²) in [5.74, 6) is -0.0592. The van der Waals surface area contributed by atoms with Crippen LogP contribution in [0.1, 0.15) is 34.1 Å². The Morgan fingerprint density at radius 3 is 2.43 bits per heavy atom. The van der Waals surface area contributed by atoms with E-state index in [2.05, 4.69) is 5.32 Å². The van der Waals surface area contributed by atoms with Gasteiger partial charge in [-0.1, -0.05) is 19.4 Å². The molecule has 0 spiro atoms. The SMILES string of the molecule is CC(C)=CC(=O)NCC(C)(C)CCO. The number of carbonyl (C=O) groups is 1. The van der Waals surface area contributed by atoms with E-state index in [-0.39, 0.29) is 17.9 Å². The van der Waals surface area contributed by atoms with Crippen LogP contribution in [0.2, 0.25) is 0 Å². The van der Waals surface area contributed by atoms with Crippen LogP contribution in [0, 0.1) is 5.41 Å². The lowest BCUT2D eigenvalue weighted by Crippen LogP contribution is -2.33. The van der Waals surface area contributed by atoms with Crippen LogP contribution in [0.25, 0.3) is 0 Å². The summed E-state index contributed by atoms with van der Waals surface area (Å²) < 4.78 is 0. The van der Waals surface area contributed by atoms with E-state index >= 15 is 0 Å². The van der Waals surface area contributed by atoms with Crippen LogP contribution in [0.5, 0.6) is 0 Å². The molecule has 0 aromatic rings. The van der Waals surface area contributed by atoms with E-state index < -0.39 is 0 Å². The van der Waals surface area contributed by atoms with E-state index in [9.17, 15) is 4.79 Å². The highest BCUT2D eigenvalue weighted by Gasteiger charge is 2.17. The molecule has 0 aromatic carbocycles. The lowest BCUT2D eigenvalue weighted by Gasteiger charge is -2.23. The summed E-state index contributed by atoms with van der Waals surface area (Å²) in [6, 6.07) is 0. The Labute approximate surface area is 86.2 Å². The Balaban J connectivity index is 3.93. The van der Waals surface area contributed by atoms with Crippen molar-refractivity contribution in [2.75, 3.05) is 13.2 Å². The summed E-state index contributed by atoms with van der Waals surface area (Å²) >= 11 is 0. The van der Waals surface area contributed by atoms with Crippen molar-refractivity contribution in [1.82, 2.24) is 5.32 Å². The molecule has 0 bridgehead atoms. The summed E-state index contributed by atoms with van der Waals surface area (Å²) in [6.07, 6.45) is 2.27. The Morgan fingerprint density at radius 1 is 1.43 bits per heavy atom. The van der Waals surface area contributed by atoms with Crippen molar-refractivity contribution in [3.63, 3.8) is 0 Å². The Kier molecular flexibility index (Phi) is 5.46. The first-order valence-electron chi connectivity index (χ1n) is 4.91. The molecule has 0 aliphatic carbocycles. The molecule has 0 aliphatic heterocycles. The Bertz CT molecular complexity index is 215. The van der Waals surface area contributed by atoms with E-state index in [1.54, 1.807) is 6.08 Å². The fourth-order valence-electron chi connectivity index (χ4n) is 1.03. The highest BCUT2D eigenvalue weighted by atomic mass is 16.3. The fraction of sp³-hybridized carbons (Fsp3) is 0.727. The molecule has 0 rings (SSSR count). The predicted molar refractivity (Wildman–Crippen MR) is 57.9 cm³/mol. The second-order valence-electron chi connectivity index (χ2n) is 4.58. The zero-order valence-electron chi connectivity index (χ0n) is 9.55. The number of hydrogen-bond acceptors (Lipinski definition) is 2. The number of carbonyl (C=O) groups excluding carboxylic acids is 1. The molecule has 0 fully saturated rings. The normalized spacial score (nSPS) is 10.9. The number of aliphatic hydroxyl groups is 1. The first-order valence-corrected chi connectivity index (χ1v) is 4.91. The van der Waals surface area contributed by atoms with Crippen molar-refractivity contribution in [2.24, 2.45) is 5.41 Å². The van der Waals surface area contributed by atoms with Crippen LogP contribution in [0.3, 0.4) is 0 Å². The van der Waals surface area contributed by atoms with Gasteiger partial charge in [0.2, 0.25) is 5.91 Å². The van der Waals surface area contributed by atoms with E-state index in [4.69, 9.17) is 5.11 Å². The minimum absolute atomic E-state index is 0.0418. The topological polar surface area (TPSA) is 49.3 Å². The summed E-state index contributed by atoms with van der Waals surface area (Å²) in [7, 11) is 0. The standard InChI is InChI=1S/C11H21NO2/c1-9(2)7-10(14)12-8-11(3,4)5-6-13/h7,13H,5-6,8H2,1-4H3,(H,12,14). The average Bonchev–Trinajstić information content (AvgIpc) is 2.00. The number of aliphatic hydroxyl groups excluding tert-OH is 1. The molecule has 0 aliphatic rings. The van der Waals surface area contributed by atoms with Gasteiger partial charge in [0, 0.05) is 19.2 Å². The van der Waals surface area contributed by atoms with Crippen molar-refractivity contribution < 1.29 is 9.90 Å². The van der Waals surface area contributed by atoms with Gasteiger partial charge in [0.05, 0.1) is 0 Å². The van der Waals surface area contributed by atoms with E-state index in [1.807, 2.05) is 27.7 Å². The van der Waals surface area contributed by atoms with Gasteiger partial charge in [0.1, 0.15) is 0 Å². The maximum atomic E-state index is 11.3. The van der Waals surface area contributed by atoms with Gasteiger partial charge in [-0.25, -0.2) is 0 Å². The molecule has 0 saturated heterocycles. The lowest BCUT2D eigenvalue weighted by molar-refractivity contribution is -0.117. The zero-order chi connectivity index (χ0) is 11.2. The molecular formula is C11H21NO2. The van der Waals surface area contributed by atoms with Crippen molar-refractivity contribution in [1.29, 1.82) is 0 Å². The summed E-state index contributed by atoms with van der Waals surface area (Å²) in [4.78, 5) is 11.3. The van der Waals surface area contributed by atoms with Crippen LogP contribution in [-0.2, 0) is 4.79 Å². The molecule has 0 radical (unpaired) electrons. The van der Waals surface area contributed by atoms with Crippen LogP contribution in [0.15, 0.2) is 11.6 Å².